The van der Waals surface area contributed by atoms with E-state index in [-0.39, 0.29) is 24.6 Å². The quantitative estimate of drug-likeness (QED) is 0.329. The van der Waals surface area contributed by atoms with Crippen LogP contribution in [0, 0.1) is 0 Å². The molecule has 8 nitrogen and oxygen atoms in total. The number of esters is 1. The van der Waals surface area contributed by atoms with Crippen molar-refractivity contribution in [2.75, 3.05) is 12.0 Å². The number of rotatable bonds is 5. The van der Waals surface area contributed by atoms with E-state index in [0.717, 1.165) is 40.6 Å². The van der Waals surface area contributed by atoms with Crippen LogP contribution in [0.25, 0.3) is 22.3 Å². The van der Waals surface area contributed by atoms with Crippen LogP contribution in [-0.2, 0) is 33.1 Å². The van der Waals surface area contributed by atoms with E-state index in [1.54, 1.807) is 29.3 Å². The molecule has 178 valence electrons. The summed E-state index contributed by atoms with van der Waals surface area (Å²) in [6, 6.07) is 11.3. The molecule has 5 rings (SSSR count). The molecule has 0 saturated heterocycles. The topological polar surface area (TPSA) is 125 Å². The molecule has 3 N–H and O–H groups in total. The maximum atomic E-state index is 13.0. The van der Waals surface area contributed by atoms with E-state index in [1.165, 1.54) is 0 Å². The third-order valence-corrected chi connectivity index (χ3v) is 6.89. The van der Waals surface area contributed by atoms with Gasteiger partial charge in [0.05, 0.1) is 35.1 Å². The van der Waals surface area contributed by atoms with Crippen molar-refractivity contribution in [2.24, 2.45) is 5.73 Å². The molecular formula is C25H27N3O5S. The van der Waals surface area contributed by atoms with E-state index in [9.17, 15) is 19.5 Å². The second kappa shape index (κ2) is 9.69. The van der Waals surface area contributed by atoms with E-state index in [0.29, 0.717) is 23.4 Å². The number of para-hydroxylation sites is 1. The van der Waals surface area contributed by atoms with Gasteiger partial charge in [0.25, 0.3) is 5.56 Å². The zero-order valence-electron chi connectivity index (χ0n) is 19.1. The lowest BCUT2D eigenvalue weighted by atomic mass is 9.86. The number of aldehydes is 1. The Morgan fingerprint density at radius 1 is 1.32 bits per heavy atom. The molecule has 2 atom stereocenters. The number of benzene rings is 1. The number of aliphatic hydroxyl groups is 1. The van der Waals surface area contributed by atoms with Gasteiger partial charge in [-0.05, 0) is 43.0 Å². The first-order chi connectivity index (χ1) is 16.3. The fourth-order valence-electron chi connectivity index (χ4n) is 4.25. The molecule has 2 aliphatic rings. The molecule has 0 saturated carbocycles. The summed E-state index contributed by atoms with van der Waals surface area (Å²) in [4.78, 5) is 39.8. The smallest absolute Gasteiger partial charge is 0.343 e. The summed E-state index contributed by atoms with van der Waals surface area (Å²) in [5.41, 5.74) is 7.09. The number of carbonyl (C=O) groups excluding carboxylic acids is 2. The normalized spacial score (nSPS) is 18.8. The molecule has 3 aromatic rings. The lowest BCUT2D eigenvalue weighted by molar-refractivity contribution is -0.172. The van der Waals surface area contributed by atoms with Crippen LogP contribution in [0.4, 0.5) is 0 Å². The molecule has 0 unspecified atom stereocenters. The Morgan fingerprint density at radius 2 is 2.09 bits per heavy atom. The molecule has 0 amide bonds. The van der Waals surface area contributed by atoms with Crippen molar-refractivity contribution in [2.45, 2.75) is 44.6 Å². The zero-order valence-corrected chi connectivity index (χ0v) is 19.9. The molecule has 0 fully saturated rings. The molecule has 0 radical (unpaired) electrons. The standard InChI is InChI=1S/C20H16N2O4.C5H11NOS/c1-2-20(25)14-8-16-17-12(7-11-5-3-4-6-15(11)21-17)9-22(16)18(23)13(14)10-26-19(20)24;1-8-3-2-5(6)4-7/h3-8,25H,2,9-10H2,1H3;4-5H,2-3,6H2,1H3/t20-;5-/m00/s1. The van der Waals surface area contributed by atoms with Gasteiger partial charge in [-0.25, -0.2) is 9.78 Å². The van der Waals surface area contributed by atoms with Gasteiger partial charge in [-0.1, -0.05) is 25.1 Å². The molecule has 34 heavy (non-hydrogen) atoms. The van der Waals surface area contributed by atoms with Crippen LogP contribution < -0.4 is 11.3 Å². The average molecular weight is 482 g/mol. The average Bonchev–Trinajstić information content (AvgIpc) is 3.22. The molecule has 0 spiro atoms. The SMILES string of the molecule is CC[C@@]1(O)C(=O)OCc2c1cc1n(c2=O)Cc2cc3ccccc3nc2-1.CSCC[C@H](N)C=O. The molecule has 4 heterocycles. The summed E-state index contributed by atoms with van der Waals surface area (Å²) in [7, 11) is 0. The third kappa shape index (κ3) is 4.15. The number of aromatic nitrogens is 2. The number of nitrogens with two attached hydrogens (primary N) is 1. The fraction of sp³-hybridized carbons (Fsp3) is 0.360. The van der Waals surface area contributed by atoms with Gasteiger partial charge in [-0.2, -0.15) is 11.8 Å². The third-order valence-electron chi connectivity index (χ3n) is 6.25. The van der Waals surface area contributed by atoms with Crippen molar-refractivity contribution in [1.29, 1.82) is 0 Å². The lowest BCUT2D eigenvalue weighted by Crippen LogP contribution is -2.44. The van der Waals surface area contributed by atoms with Gasteiger partial charge >= 0.3 is 5.97 Å². The molecule has 9 heteroatoms. The van der Waals surface area contributed by atoms with Crippen molar-refractivity contribution in [3.05, 3.63) is 63.4 Å². The predicted octanol–water partition coefficient (Wildman–Crippen LogP) is 2.35. The molecule has 2 aliphatic heterocycles. The van der Waals surface area contributed by atoms with Gasteiger partial charge in [-0.15, -0.1) is 0 Å². The van der Waals surface area contributed by atoms with E-state index < -0.39 is 11.6 Å². The van der Waals surface area contributed by atoms with Gasteiger partial charge < -0.3 is 24.9 Å². The van der Waals surface area contributed by atoms with Crippen molar-refractivity contribution in [3.8, 4) is 11.4 Å². The number of fused-ring (bicyclic) bond motifs is 5. The molecule has 1 aromatic carbocycles. The van der Waals surface area contributed by atoms with Crippen LogP contribution in [0.15, 0.2) is 41.2 Å². The van der Waals surface area contributed by atoms with Crippen molar-refractivity contribution >= 4 is 34.9 Å². The van der Waals surface area contributed by atoms with Gasteiger partial charge in [0.1, 0.15) is 12.9 Å². The Morgan fingerprint density at radius 3 is 2.79 bits per heavy atom. The van der Waals surface area contributed by atoms with Gasteiger partial charge in [0.15, 0.2) is 5.60 Å². The largest absolute Gasteiger partial charge is 0.458 e. The van der Waals surface area contributed by atoms with E-state index in [1.807, 2.05) is 36.6 Å². The first kappa shape index (κ1) is 24.1. The Kier molecular flexibility index (Phi) is 6.88. The number of thioether (sulfide) groups is 1. The first-order valence-corrected chi connectivity index (χ1v) is 12.5. The number of carbonyl (C=O) groups is 2. The monoisotopic (exact) mass is 481 g/mol. The number of pyridine rings is 2. The molecular weight excluding hydrogens is 454 g/mol. The molecule has 0 aliphatic carbocycles. The highest BCUT2D eigenvalue weighted by Crippen LogP contribution is 2.38. The maximum Gasteiger partial charge on any atom is 0.343 e. The summed E-state index contributed by atoms with van der Waals surface area (Å²) < 4.78 is 6.72. The zero-order chi connectivity index (χ0) is 24.5. The van der Waals surface area contributed by atoms with Crippen molar-refractivity contribution in [3.63, 3.8) is 0 Å². The van der Waals surface area contributed by atoms with Crippen LogP contribution in [0.5, 0.6) is 0 Å². The van der Waals surface area contributed by atoms with Crippen LogP contribution in [0.1, 0.15) is 36.5 Å². The van der Waals surface area contributed by atoms with E-state index >= 15 is 0 Å². The molecule has 0 bridgehead atoms. The van der Waals surface area contributed by atoms with E-state index in [4.69, 9.17) is 15.5 Å². The second-order valence-corrected chi connectivity index (χ2v) is 9.36. The lowest BCUT2D eigenvalue weighted by Gasteiger charge is -2.31. The predicted molar refractivity (Wildman–Crippen MR) is 132 cm³/mol. The summed E-state index contributed by atoms with van der Waals surface area (Å²) in [6.45, 7) is 2.01. The van der Waals surface area contributed by atoms with Crippen molar-refractivity contribution < 1.29 is 19.4 Å². The van der Waals surface area contributed by atoms with Crippen LogP contribution in [0.2, 0.25) is 0 Å². The van der Waals surface area contributed by atoms with Crippen LogP contribution in [0.3, 0.4) is 0 Å². The second-order valence-electron chi connectivity index (χ2n) is 8.37. The Hall–Kier alpha value is -3.01. The number of nitrogens with zero attached hydrogens (tertiary/aromatic N) is 2. The van der Waals surface area contributed by atoms with Gasteiger partial charge in [0.2, 0.25) is 0 Å². The molecule has 2 aromatic heterocycles. The van der Waals surface area contributed by atoms with Crippen molar-refractivity contribution in [1.82, 2.24) is 9.55 Å². The van der Waals surface area contributed by atoms with Crippen LogP contribution in [-0.4, -0.2) is 45.0 Å². The summed E-state index contributed by atoms with van der Waals surface area (Å²) in [5, 5.41) is 11.8. The minimum Gasteiger partial charge on any atom is -0.458 e. The number of hydrogen-bond acceptors (Lipinski definition) is 8. The minimum atomic E-state index is -1.79. The highest BCUT2D eigenvalue weighted by molar-refractivity contribution is 7.98. The number of hydrogen-bond donors (Lipinski definition) is 2. The number of cyclic esters (lactones) is 1. The summed E-state index contributed by atoms with van der Waals surface area (Å²) in [6.07, 6.45) is 3.72. The summed E-state index contributed by atoms with van der Waals surface area (Å²) >= 11 is 1.71. The Balaban J connectivity index is 0.000000297. The highest BCUT2D eigenvalue weighted by atomic mass is 32.2. The fourth-order valence-corrected chi connectivity index (χ4v) is 4.75. The van der Waals surface area contributed by atoms with Gasteiger partial charge in [-0.3, -0.25) is 4.79 Å². The summed E-state index contributed by atoms with van der Waals surface area (Å²) in [5.74, 6) is 0.265. The van der Waals surface area contributed by atoms with E-state index in [2.05, 4.69) is 0 Å². The number of ether oxygens (including phenoxy) is 1. The van der Waals surface area contributed by atoms with Crippen LogP contribution >= 0.6 is 11.8 Å². The highest BCUT2D eigenvalue weighted by Gasteiger charge is 2.45. The minimum absolute atomic E-state index is 0.110. The Labute approximate surface area is 201 Å². The van der Waals surface area contributed by atoms with Gasteiger partial charge in [0, 0.05) is 16.5 Å². The maximum absolute atomic E-state index is 13.0. The Bertz CT molecular complexity index is 1320. The first-order valence-electron chi connectivity index (χ1n) is 11.1.